The van der Waals surface area contributed by atoms with Gasteiger partial charge >= 0.3 is 5.69 Å². The molecule has 0 unspecified atom stereocenters. The molecule has 0 atom stereocenters. The van der Waals surface area contributed by atoms with Gasteiger partial charge in [-0.25, -0.2) is 4.79 Å². The van der Waals surface area contributed by atoms with Gasteiger partial charge in [0.05, 0.1) is 5.56 Å². The summed E-state index contributed by atoms with van der Waals surface area (Å²) in [7, 11) is 2.06. The first-order valence-corrected chi connectivity index (χ1v) is 7.64. The second kappa shape index (κ2) is 6.59. The molecule has 0 amide bonds. The molecule has 2 rings (SSSR count). The minimum Gasteiger partial charge on any atom is -0.302 e. The second-order valence-corrected chi connectivity index (χ2v) is 5.83. The van der Waals surface area contributed by atoms with E-state index in [2.05, 4.69) is 16.9 Å². The molecular formula is C14H22ClN3O2. The number of hydrogen-bond donors (Lipinski definition) is 1. The van der Waals surface area contributed by atoms with E-state index in [1.807, 2.05) is 6.92 Å². The SMILES string of the molecule is CCc1c(Cl)[nH]c(=O)n(CCN(C)C2CCCC2)c1=O. The molecule has 1 saturated carbocycles. The third-order valence-electron chi connectivity index (χ3n) is 4.21. The van der Waals surface area contributed by atoms with Crippen LogP contribution in [0.1, 0.15) is 38.2 Å². The van der Waals surface area contributed by atoms with Crippen LogP contribution < -0.4 is 11.2 Å². The summed E-state index contributed by atoms with van der Waals surface area (Å²) in [5.74, 6) is 0. The topological polar surface area (TPSA) is 58.1 Å². The van der Waals surface area contributed by atoms with Crippen LogP contribution in [0.25, 0.3) is 0 Å². The van der Waals surface area contributed by atoms with Gasteiger partial charge in [-0.05, 0) is 26.3 Å². The fourth-order valence-corrected chi connectivity index (χ4v) is 3.18. The Kier molecular flexibility index (Phi) is 5.05. The Morgan fingerprint density at radius 2 is 2.00 bits per heavy atom. The van der Waals surface area contributed by atoms with Crippen molar-refractivity contribution in [2.45, 2.75) is 51.6 Å². The number of rotatable bonds is 5. The zero-order chi connectivity index (χ0) is 14.7. The van der Waals surface area contributed by atoms with E-state index in [1.54, 1.807) is 0 Å². The third-order valence-corrected chi connectivity index (χ3v) is 4.53. The summed E-state index contributed by atoms with van der Waals surface area (Å²) in [6.07, 6.45) is 5.49. The molecule has 1 aromatic heterocycles. The van der Waals surface area contributed by atoms with Gasteiger partial charge in [-0.15, -0.1) is 0 Å². The summed E-state index contributed by atoms with van der Waals surface area (Å²) in [5, 5.41) is 0.169. The Morgan fingerprint density at radius 3 is 2.60 bits per heavy atom. The Hall–Kier alpha value is -1.07. The largest absolute Gasteiger partial charge is 0.329 e. The monoisotopic (exact) mass is 299 g/mol. The van der Waals surface area contributed by atoms with Crippen molar-refractivity contribution in [2.24, 2.45) is 0 Å². The molecule has 0 radical (unpaired) electrons. The number of nitrogens with one attached hydrogen (secondary N) is 1. The first-order valence-electron chi connectivity index (χ1n) is 7.26. The molecule has 1 N–H and O–H groups in total. The molecule has 5 nitrogen and oxygen atoms in total. The quantitative estimate of drug-likeness (QED) is 0.841. The van der Waals surface area contributed by atoms with Crippen LogP contribution >= 0.6 is 11.6 Å². The molecule has 20 heavy (non-hydrogen) atoms. The maximum absolute atomic E-state index is 12.2. The highest BCUT2D eigenvalue weighted by Crippen LogP contribution is 2.21. The van der Waals surface area contributed by atoms with Crippen molar-refractivity contribution < 1.29 is 0 Å². The number of nitrogens with zero attached hydrogens (tertiary/aromatic N) is 2. The second-order valence-electron chi connectivity index (χ2n) is 5.45. The number of likely N-dealkylation sites (N-methyl/N-ethyl adjacent to an activating group) is 1. The van der Waals surface area contributed by atoms with E-state index < -0.39 is 5.69 Å². The van der Waals surface area contributed by atoms with Crippen molar-refractivity contribution in [1.29, 1.82) is 0 Å². The van der Waals surface area contributed by atoms with Crippen LogP contribution in [-0.4, -0.2) is 34.1 Å². The average molecular weight is 300 g/mol. The highest BCUT2D eigenvalue weighted by molar-refractivity contribution is 6.30. The smallest absolute Gasteiger partial charge is 0.302 e. The Labute approximate surface area is 123 Å². The molecule has 0 spiro atoms. The van der Waals surface area contributed by atoms with E-state index >= 15 is 0 Å². The van der Waals surface area contributed by atoms with E-state index in [-0.39, 0.29) is 10.7 Å². The standard InChI is InChI=1S/C14H22ClN3O2/c1-3-11-12(15)16-14(20)18(13(11)19)9-8-17(2)10-6-4-5-7-10/h10H,3-9H2,1-2H3,(H,16,20). The van der Waals surface area contributed by atoms with Gasteiger partial charge in [0.1, 0.15) is 5.15 Å². The lowest BCUT2D eigenvalue weighted by Crippen LogP contribution is -2.41. The van der Waals surface area contributed by atoms with Gasteiger partial charge in [0.15, 0.2) is 0 Å². The molecule has 6 heteroatoms. The van der Waals surface area contributed by atoms with Crippen LogP contribution in [0.4, 0.5) is 0 Å². The van der Waals surface area contributed by atoms with Crippen LogP contribution in [0.15, 0.2) is 9.59 Å². The van der Waals surface area contributed by atoms with Gasteiger partial charge < -0.3 is 4.90 Å². The maximum atomic E-state index is 12.2. The van der Waals surface area contributed by atoms with Gasteiger partial charge in [-0.3, -0.25) is 14.3 Å². The molecule has 1 aliphatic rings. The molecule has 0 aromatic carbocycles. The molecule has 0 bridgehead atoms. The van der Waals surface area contributed by atoms with E-state index in [0.717, 1.165) is 0 Å². The summed E-state index contributed by atoms with van der Waals surface area (Å²) in [6, 6.07) is 0.586. The Morgan fingerprint density at radius 1 is 1.35 bits per heavy atom. The zero-order valence-corrected chi connectivity index (χ0v) is 12.9. The summed E-state index contributed by atoms with van der Waals surface area (Å²) >= 11 is 5.89. The first-order chi connectivity index (χ1) is 9.54. The molecule has 0 aliphatic heterocycles. The number of halogens is 1. The van der Waals surface area contributed by atoms with Crippen LogP contribution in [-0.2, 0) is 13.0 Å². The van der Waals surface area contributed by atoms with E-state index in [1.165, 1.54) is 30.3 Å². The van der Waals surface area contributed by atoms with Gasteiger partial charge in [-0.2, -0.15) is 0 Å². The number of aromatic amines is 1. The highest BCUT2D eigenvalue weighted by Gasteiger charge is 2.19. The van der Waals surface area contributed by atoms with Gasteiger partial charge in [0.2, 0.25) is 0 Å². The number of hydrogen-bond acceptors (Lipinski definition) is 3. The van der Waals surface area contributed by atoms with Crippen molar-refractivity contribution >= 4 is 11.6 Å². The van der Waals surface area contributed by atoms with Crippen molar-refractivity contribution in [1.82, 2.24) is 14.5 Å². The molecule has 1 aliphatic carbocycles. The lowest BCUT2D eigenvalue weighted by atomic mass is 10.2. The van der Waals surface area contributed by atoms with Gasteiger partial charge in [-0.1, -0.05) is 31.4 Å². The van der Waals surface area contributed by atoms with Crippen LogP contribution in [0.3, 0.4) is 0 Å². The van der Waals surface area contributed by atoms with Crippen molar-refractivity contribution in [3.05, 3.63) is 31.6 Å². The Bertz CT molecular complexity index is 573. The van der Waals surface area contributed by atoms with Gasteiger partial charge in [0.25, 0.3) is 5.56 Å². The van der Waals surface area contributed by atoms with E-state index in [9.17, 15) is 9.59 Å². The summed E-state index contributed by atoms with van der Waals surface area (Å²) in [5.41, 5.74) is -0.201. The lowest BCUT2D eigenvalue weighted by Gasteiger charge is -2.24. The summed E-state index contributed by atoms with van der Waals surface area (Å²) in [4.78, 5) is 28.9. The van der Waals surface area contributed by atoms with Crippen LogP contribution in [0.2, 0.25) is 5.15 Å². The molecule has 1 aromatic rings. The summed E-state index contributed by atoms with van der Waals surface area (Å²) < 4.78 is 1.26. The minimum absolute atomic E-state index is 0.169. The minimum atomic E-state index is -0.419. The predicted molar refractivity (Wildman–Crippen MR) is 80.6 cm³/mol. The maximum Gasteiger partial charge on any atom is 0.329 e. The van der Waals surface area contributed by atoms with Crippen LogP contribution in [0, 0.1) is 0 Å². The fourth-order valence-electron chi connectivity index (χ4n) is 2.88. The number of H-pyrrole nitrogens is 1. The van der Waals surface area contributed by atoms with Crippen LogP contribution in [0.5, 0.6) is 0 Å². The van der Waals surface area contributed by atoms with Crippen molar-refractivity contribution in [3.63, 3.8) is 0 Å². The third kappa shape index (κ3) is 3.15. The van der Waals surface area contributed by atoms with Crippen molar-refractivity contribution in [3.8, 4) is 0 Å². The molecule has 0 saturated heterocycles. The van der Waals surface area contributed by atoms with E-state index in [4.69, 9.17) is 11.6 Å². The number of aromatic nitrogens is 2. The van der Waals surface area contributed by atoms with E-state index in [0.29, 0.717) is 31.1 Å². The lowest BCUT2D eigenvalue weighted by molar-refractivity contribution is 0.234. The Balaban J connectivity index is 2.13. The highest BCUT2D eigenvalue weighted by atomic mass is 35.5. The van der Waals surface area contributed by atoms with Crippen molar-refractivity contribution in [2.75, 3.05) is 13.6 Å². The molecule has 112 valence electrons. The molecule has 1 fully saturated rings. The summed E-state index contributed by atoms with van der Waals surface area (Å²) in [6.45, 7) is 2.97. The van der Waals surface area contributed by atoms with Gasteiger partial charge in [0, 0.05) is 19.1 Å². The first kappa shape index (κ1) is 15.3. The molecule has 1 heterocycles. The average Bonchev–Trinajstić information content (AvgIpc) is 2.92. The fraction of sp³-hybridized carbons (Fsp3) is 0.714. The zero-order valence-electron chi connectivity index (χ0n) is 12.1. The molecular weight excluding hydrogens is 278 g/mol. The normalized spacial score (nSPS) is 16.2. The predicted octanol–water partition coefficient (Wildman–Crippen LogP) is 1.63.